The molecular weight excluding hydrogens is 196 g/mol. The van der Waals surface area contributed by atoms with Crippen LogP contribution >= 0.6 is 0 Å². The van der Waals surface area contributed by atoms with Crippen molar-refractivity contribution in [1.29, 1.82) is 0 Å². The Hall–Kier alpha value is -2.09. The van der Waals surface area contributed by atoms with E-state index in [4.69, 9.17) is 0 Å². The van der Waals surface area contributed by atoms with E-state index >= 15 is 0 Å². The number of aliphatic imine (C=N–C) groups is 1. The van der Waals surface area contributed by atoms with Gasteiger partial charge in [0.1, 0.15) is 5.84 Å². The highest BCUT2D eigenvalue weighted by Gasteiger charge is 2.14. The molecule has 0 unspecified atom stereocenters. The summed E-state index contributed by atoms with van der Waals surface area (Å²) in [6, 6.07) is 18.3. The number of fused-ring (bicyclic) bond motifs is 1. The number of benzene rings is 2. The molecule has 16 heavy (non-hydrogen) atoms. The fraction of sp³-hybridized carbons (Fsp3) is 0.0714. The van der Waals surface area contributed by atoms with E-state index in [9.17, 15) is 0 Å². The first-order valence-corrected chi connectivity index (χ1v) is 5.34. The normalized spacial score (nSPS) is 12.9. The molecule has 2 heteroatoms. The lowest BCUT2D eigenvalue weighted by atomic mass is 10.1. The van der Waals surface area contributed by atoms with Crippen molar-refractivity contribution in [3.63, 3.8) is 0 Å². The van der Waals surface area contributed by atoms with Gasteiger partial charge in [0.05, 0.1) is 11.4 Å². The molecule has 0 aromatic heterocycles. The third-order valence-electron chi connectivity index (χ3n) is 2.59. The summed E-state index contributed by atoms with van der Waals surface area (Å²) < 4.78 is 0. The van der Waals surface area contributed by atoms with Crippen LogP contribution in [0, 0.1) is 0 Å². The van der Waals surface area contributed by atoms with Crippen molar-refractivity contribution >= 4 is 17.2 Å². The van der Waals surface area contributed by atoms with Crippen molar-refractivity contribution in [1.82, 2.24) is 5.32 Å². The van der Waals surface area contributed by atoms with Crippen molar-refractivity contribution in [3.05, 3.63) is 60.2 Å². The van der Waals surface area contributed by atoms with Gasteiger partial charge in [0.25, 0.3) is 0 Å². The van der Waals surface area contributed by atoms with Crippen molar-refractivity contribution in [2.45, 2.75) is 6.42 Å². The lowest BCUT2D eigenvalue weighted by molar-refractivity contribution is 1.20. The van der Waals surface area contributed by atoms with Gasteiger partial charge in [-0.15, -0.1) is 0 Å². The summed E-state index contributed by atoms with van der Waals surface area (Å²) in [6.45, 7) is 0. The molecule has 0 fully saturated rings. The molecule has 3 rings (SSSR count). The predicted molar refractivity (Wildman–Crippen MR) is 65.5 cm³/mol. The predicted octanol–water partition coefficient (Wildman–Crippen LogP) is 3.21. The van der Waals surface area contributed by atoms with Gasteiger partial charge in [0, 0.05) is 6.42 Å². The second kappa shape index (κ2) is 3.81. The van der Waals surface area contributed by atoms with Crippen molar-refractivity contribution in [3.8, 4) is 0 Å². The molecule has 0 bridgehead atoms. The summed E-state index contributed by atoms with van der Waals surface area (Å²) in [5.74, 6) is 0.896. The highest BCUT2D eigenvalue weighted by molar-refractivity contribution is 5.97. The zero-order valence-corrected chi connectivity index (χ0v) is 8.80. The molecule has 0 saturated carbocycles. The van der Waals surface area contributed by atoms with Crippen molar-refractivity contribution in [2.75, 3.05) is 0 Å². The summed E-state index contributed by atoms with van der Waals surface area (Å²) in [5.41, 5.74) is 3.21. The Morgan fingerprint density at radius 1 is 0.750 bits per heavy atom. The van der Waals surface area contributed by atoms with Gasteiger partial charge in [0.2, 0.25) is 0 Å². The van der Waals surface area contributed by atoms with Gasteiger partial charge < -0.3 is 0 Å². The number of amidine groups is 1. The molecule has 2 nitrogen and oxygen atoms in total. The minimum atomic E-state index is 0.801. The van der Waals surface area contributed by atoms with Crippen LogP contribution < -0.4 is 5.32 Å². The number of para-hydroxylation sites is 2. The Balaban J connectivity index is 1.81. The monoisotopic (exact) mass is 207 g/mol. The first kappa shape index (κ1) is 9.16. The van der Waals surface area contributed by atoms with E-state index in [1.54, 1.807) is 0 Å². The first-order chi connectivity index (χ1) is 7.92. The first-order valence-electron chi connectivity index (χ1n) is 5.34. The van der Waals surface area contributed by atoms with E-state index in [0.717, 1.165) is 23.6 Å². The van der Waals surface area contributed by atoms with Crippen molar-refractivity contribution < 1.29 is 0 Å². The van der Waals surface area contributed by atoms with Crippen LogP contribution in [0.15, 0.2) is 59.6 Å². The van der Waals surface area contributed by atoms with Gasteiger partial charge in [-0.2, -0.15) is 0 Å². The van der Waals surface area contributed by atoms with E-state index in [0.29, 0.717) is 0 Å². The molecule has 0 atom stereocenters. The summed E-state index contributed by atoms with van der Waals surface area (Å²) in [5, 5.41) is 4.50. The second-order valence-corrected chi connectivity index (χ2v) is 3.79. The minimum absolute atomic E-state index is 0.801. The Morgan fingerprint density at radius 2 is 1.44 bits per heavy atom. The van der Waals surface area contributed by atoms with Gasteiger partial charge in [-0.25, -0.2) is 10.3 Å². The maximum absolute atomic E-state index is 4.50. The Morgan fingerprint density at radius 3 is 2.19 bits per heavy atom. The second-order valence-electron chi connectivity index (χ2n) is 3.79. The molecule has 1 radical (unpaired) electrons. The smallest absolute Gasteiger partial charge is 0.134 e. The molecule has 77 valence electrons. The Labute approximate surface area is 94.7 Å². The average Bonchev–Trinajstić information content (AvgIpc) is 2.72. The molecule has 0 N–H and O–H groups in total. The van der Waals surface area contributed by atoms with Crippen LogP contribution in [0.25, 0.3) is 0 Å². The number of hydrogen-bond donors (Lipinski definition) is 0. The summed E-state index contributed by atoms with van der Waals surface area (Å²) in [6.07, 6.45) is 0.801. The standard InChI is InChI=1S/C14H11N2/c1-2-6-11(7-3-1)10-14-15-12-8-4-5-9-13(12)16-14/h1-9H,10H2. The quantitative estimate of drug-likeness (QED) is 0.723. The summed E-state index contributed by atoms with van der Waals surface area (Å²) in [4.78, 5) is 4.50. The molecule has 2 aromatic rings. The van der Waals surface area contributed by atoms with E-state index in [-0.39, 0.29) is 0 Å². The average molecular weight is 207 g/mol. The summed E-state index contributed by atoms with van der Waals surface area (Å²) >= 11 is 0. The maximum atomic E-state index is 4.50. The minimum Gasteiger partial charge on any atom is -0.231 e. The zero-order chi connectivity index (χ0) is 10.8. The van der Waals surface area contributed by atoms with Crippen LogP contribution in [0.3, 0.4) is 0 Å². The topological polar surface area (TPSA) is 26.5 Å². The van der Waals surface area contributed by atoms with E-state index < -0.39 is 0 Å². The fourth-order valence-electron chi connectivity index (χ4n) is 1.81. The third-order valence-corrected chi connectivity index (χ3v) is 2.59. The fourth-order valence-corrected chi connectivity index (χ4v) is 1.81. The molecule has 1 aliphatic rings. The number of hydrogen-bond acceptors (Lipinski definition) is 1. The van der Waals surface area contributed by atoms with Crippen LogP contribution in [-0.2, 0) is 6.42 Å². The van der Waals surface area contributed by atoms with Gasteiger partial charge in [0.15, 0.2) is 0 Å². The lowest BCUT2D eigenvalue weighted by Crippen LogP contribution is -2.09. The Bertz CT molecular complexity index is 529. The largest absolute Gasteiger partial charge is 0.231 e. The van der Waals surface area contributed by atoms with Gasteiger partial charge in [-0.05, 0) is 17.7 Å². The van der Waals surface area contributed by atoms with Crippen molar-refractivity contribution in [2.24, 2.45) is 4.99 Å². The van der Waals surface area contributed by atoms with Crippen LogP contribution in [-0.4, -0.2) is 5.84 Å². The van der Waals surface area contributed by atoms with Gasteiger partial charge in [-0.1, -0.05) is 42.5 Å². The molecular formula is C14H11N2. The molecule has 0 spiro atoms. The lowest BCUT2D eigenvalue weighted by Gasteiger charge is -1.99. The van der Waals surface area contributed by atoms with E-state index in [1.807, 2.05) is 42.5 Å². The van der Waals surface area contributed by atoms with Crippen LogP contribution in [0.4, 0.5) is 11.4 Å². The molecule has 0 amide bonds. The van der Waals surface area contributed by atoms with Crippen LogP contribution in [0.1, 0.15) is 5.56 Å². The molecule has 1 heterocycles. The van der Waals surface area contributed by atoms with Gasteiger partial charge >= 0.3 is 0 Å². The highest BCUT2D eigenvalue weighted by Crippen LogP contribution is 2.30. The highest BCUT2D eigenvalue weighted by atomic mass is 15.1. The summed E-state index contributed by atoms with van der Waals surface area (Å²) in [7, 11) is 0. The Kier molecular flexibility index (Phi) is 2.18. The molecule has 2 aromatic carbocycles. The molecule has 0 saturated heterocycles. The maximum Gasteiger partial charge on any atom is 0.134 e. The van der Waals surface area contributed by atoms with E-state index in [1.165, 1.54) is 5.56 Å². The number of rotatable bonds is 2. The zero-order valence-electron chi connectivity index (χ0n) is 8.80. The molecule has 0 aliphatic carbocycles. The van der Waals surface area contributed by atoms with Crippen LogP contribution in [0.2, 0.25) is 0 Å². The van der Waals surface area contributed by atoms with Gasteiger partial charge in [-0.3, -0.25) is 0 Å². The SMILES string of the molecule is c1ccc(CC2=Nc3ccccc3[N]2)cc1. The number of nitrogens with zero attached hydrogens (tertiary/aromatic N) is 2. The molecule has 1 aliphatic heterocycles. The van der Waals surface area contributed by atoms with E-state index in [2.05, 4.69) is 22.4 Å². The third kappa shape index (κ3) is 1.70. The van der Waals surface area contributed by atoms with Crippen LogP contribution in [0.5, 0.6) is 0 Å².